The summed E-state index contributed by atoms with van der Waals surface area (Å²) in [5, 5.41) is 2.79. The number of hydrazine groups is 1. The Hall–Kier alpha value is -3.88. The molecular formula is C23H24N4O5. The molecule has 1 aliphatic heterocycles. The molecule has 0 aromatic heterocycles. The minimum Gasteiger partial charge on any atom is -0.484 e. The van der Waals surface area contributed by atoms with Crippen LogP contribution < -0.4 is 20.9 Å². The number of carbonyl (C=O) groups is 4. The van der Waals surface area contributed by atoms with Crippen LogP contribution in [-0.2, 0) is 26.3 Å². The summed E-state index contributed by atoms with van der Waals surface area (Å²) < 4.78 is 5.36. The molecule has 1 saturated heterocycles. The Morgan fingerprint density at radius 1 is 1.09 bits per heavy atom. The molecule has 0 saturated carbocycles. The fourth-order valence-corrected chi connectivity index (χ4v) is 4.17. The lowest BCUT2D eigenvalue weighted by molar-refractivity contribution is -0.136. The molecule has 0 bridgehead atoms. The highest BCUT2D eigenvalue weighted by Crippen LogP contribution is 2.39. The summed E-state index contributed by atoms with van der Waals surface area (Å²) >= 11 is 0. The fraction of sp³-hybridized carbons (Fsp3) is 0.304. The average Bonchev–Trinajstić information content (AvgIpc) is 3.01. The van der Waals surface area contributed by atoms with Gasteiger partial charge in [-0.2, -0.15) is 0 Å². The van der Waals surface area contributed by atoms with Crippen LogP contribution >= 0.6 is 0 Å². The second kappa shape index (κ2) is 8.70. The van der Waals surface area contributed by atoms with Gasteiger partial charge in [0.15, 0.2) is 6.61 Å². The van der Waals surface area contributed by atoms with E-state index >= 15 is 0 Å². The van der Waals surface area contributed by atoms with Crippen molar-refractivity contribution in [3.05, 3.63) is 65.2 Å². The van der Waals surface area contributed by atoms with E-state index in [0.717, 1.165) is 34.4 Å². The second-order valence-electron chi connectivity index (χ2n) is 7.94. The Morgan fingerprint density at radius 2 is 1.88 bits per heavy atom. The first kappa shape index (κ1) is 21.4. The number of ether oxygens (including phenoxy) is 1. The van der Waals surface area contributed by atoms with Gasteiger partial charge in [-0.15, -0.1) is 0 Å². The van der Waals surface area contributed by atoms with Gasteiger partial charge in [0, 0.05) is 0 Å². The van der Waals surface area contributed by atoms with Gasteiger partial charge in [0.1, 0.15) is 17.8 Å². The lowest BCUT2D eigenvalue weighted by Crippen LogP contribution is -2.50. The van der Waals surface area contributed by atoms with Gasteiger partial charge in [-0.3, -0.25) is 30.1 Å². The Balaban J connectivity index is 1.32. The van der Waals surface area contributed by atoms with E-state index in [0.29, 0.717) is 12.2 Å². The fourth-order valence-electron chi connectivity index (χ4n) is 4.17. The van der Waals surface area contributed by atoms with Crippen LogP contribution in [-0.4, -0.2) is 41.8 Å². The molecule has 1 unspecified atom stereocenters. The number of carbonyl (C=O) groups excluding carboxylic acids is 4. The lowest BCUT2D eigenvalue weighted by Gasteiger charge is -2.33. The predicted octanol–water partition coefficient (Wildman–Crippen LogP) is 1.30. The Labute approximate surface area is 185 Å². The van der Waals surface area contributed by atoms with Gasteiger partial charge in [-0.25, -0.2) is 4.79 Å². The van der Waals surface area contributed by atoms with Crippen LogP contribution in [0.5, 0.6) is 5.75 Å². The molecule has 1 fully saturated rings. The van der Waals surface area contributed by atoms with E-state index in [2.05, 4.69) is 16.2 Å². The monoisotopic (exact) mass is 436 g/mol. The molecule has 4 rings (SSSR count). The third-order valence-corrected chi connectivity index (χ3v) is 5.65. The zero-order valence-corrected chi connectivity index (χ0v) is 17.6. The maximum absolute atomic E-state index is 13.2. The van der Waals surface area contributed by atoms with E-state index in [1.54, 1.807) is 18.2 Å². The summed E-state index contributed by atoms with van der Waals surface area (Å²) in [4.78, 5) is 50.8. The molecule has 2 aromatic rings. The van der Waals surface area contributed by atoms with Crippen molar-refractivity contribution < 1.29 is 23.9 Å². The maximum Gasteiger partial charge on any atom is 0.325 e. The molecule has 9 heteroatoms. The van der Waals surface area contributed by atoms with Crippen LogP contribution in [0.2, 0.25) is 0 Å². The largest absolute Gasteiger partial charge is 0.484 e. The minimum absolute atomic E-state index is 0.299. The summed E-state index contributed by atoms with van der Waals surface area (Å²) in [7, 11) is 0. The maximum atomic E-state index is 13.2. The van der Waals surface area contributed by atoms with E-state index in [-0.39, 0.29) is 6.61 Å². The minimum atomic E-state index is -1.14. The molecular weight excluding hydrogens is 412 g/mol. The number of nitrogens with zero attached hydrogens (tertiary/aromatic N) is 1. The SMILES string of the molecule is Cc1cccc(OCC(=O)NNC(=O)CN2C(=O)NC3(CCCc4ccccc43)C2=O)c1. The Kier molecular flexibility index (Phi) is 5.81. The highest BCUT2D eigenvalue weighted by Gasteiger charge is 2.54. The molecule has 1 aliphatic carbocycles. The molecule has 32 heavy (non-hydrogen) atoms. The van der Waals surface area contributed by atoms with Crippen molar-refractivity contribution in [3.63, 3.8) is 0 Å². The van der Waals surface area contributed by atoms with Crippen LogP contribution in [0.3, 0.4) is 0 Å². The van der Waals surface area contributed by atoms with E-state index < -0.39 is 35.8 Å². The van der Waals surface area contributed by atoms with Crippen LogP contribution in [0, 0.1) is 6.92 Å². The number of amides is 5. The number of urea groups is 1. The van der Waals surface area contributed by atoms with Gasteiger partial charge < -0.3 is 10.1 Å². The Morgan fingerprint density at radius 3 is 2.69 bits per heavy atom. The van der Waals surface area contributed by atoms with Crippen LogP contribution in [0.4, 0.5) is 4.79 Å². The first-order chi connectivity index (χ1) is 15.4. The molecule has 2 aliphatic rings. The normalized spacial score (nSPS) is 19.3. The van der Waals surface area contributed by atoms with Crippen molar-refractivity contribution >= 4 is 23.8 Å². The first-order valence-electron chi connectivity index (χ1n) is 10.4. The Bertz CT molecular complexity index is 1090. The predicted molar refractivity (Wildman–Crippen MR) is 114 cm³/mol. The first-order valence-corrected chi connectivity index (χ1v) is 10.4. The van der Waals surface area contributed by atoms with E-state index in [4.69, 9.17) is 4.74 Å². The smallest absolute Gasteiger partial charge is 0.325 e. The van der Waals surface area contributed by atoms with Gasteiger partial charge in [0.05, 0.1) is 0 Å². The summed E-state index contributed by atoms with van der Waals surface area (Å²) in [5.74, 6) is -1.20. The van der Waals surface area contributed by atoms with Crippen LogP contribution in [0.15, 0.2) is 48.5 Å². The highest BCUT2D eigenvalue weighted by molar-refractivity contribution is 6.09. The van der Waals surface area contributed by atoms with Crippen molar-refractivity contribution in [2.75, 3.05) is 13.2 Å². The van der Waals surface area contributed by atoms with Gasteiger partial charge in [0.25, 0.3) is 17.7 Å². The van der Waals surface area contributed by atoms with Crippen molar-refractivity contribution in [2.24, 2.45) is 0 Å². The van der Waals surface area contributed by atoms with Gasteiger partial charge in [-0.05, 0) is 55.0 Å². The molecule has 1 heterocycles. The van der Waals surface area contributed by atoms with Crippen molar-refractivity contribution in [3.8, 4) is 5.75 Å². The van der Waals surface area contributed by atoms with Crippen molar-refractivity contribution in [1.29, 1.82) is 0 Å². The zero-order chi connectivity index (χ0) is 22.7. The standard InChI is InChI=1S/C23H24N4O5/c1-15-6-4-9-17(12-15)32-14-20(29)26-25-19(28)13-27-21(30)23(24-22(27)31)11-5-8-16-7-2-3-10-18(16)23/h2-4,6-7,9-10,12H,5,8,11,13-14H2,1H3,(H,24,31)(H,25,28)(H,26,29). The number of hydrogen-bond acceptors (Lipinski definition) is 5. The van der Waals surface area contributed by atoms with E-state index in [9.17, 15) is 19.2 Å². The van der Waals surface area contributed by atoms with Crippen LogP contribution in [0.1, 0.15) is 29.5 Å². The second-order valence-corrected chi connectivity index (χ2v) is 7.94. The summed E-state index contributed by atoms with van der Waals surface area (Å²) in [5.41, 5.74) is 6.07. The number of fused-ring (bicyclic) bond motifs is 2. The number of hydrogen-bond donors (Lipinski definition) is 3. The topological polar surface area (TPSA) is 117 Å². The number of rotatable bonds is 5. The molecule has 1 atom stereocenters. The molecule has 0 radical (unpaired) electrons. The summed E-state index contributed by atoms with van der Waals surface area (Å²) in [6.07, 6.45) is 2.05. The highest BCUT2D eigenvalue weighted by atomic mass is 16.5. The van der Waals surface area contributed by atoms with E-state index in [1.165, 1.54) is 0 Å². The zero-order valence-electron chi connectivity index (χ0n) is 17.6. The molecule has 2 aromatic carbocycles. The number of aryl methyl sites for hydroxylation is 2. The molecule has 166 valence electrons. The number of nitrogens with one attached hydrogen (secondary N) is 3. The molecule has 3 N–H and O–H groups in total. The molecule has 5 amide bonds. The average molecular weight is 436 g/mol. The van der Waals surface area contributed by atoms with Gasteiger partial charge >= 0.3 is 6.03 Å². The number of benzene rings is 2. The lowest BCUT2D eigenvalue weighted by atomic mass is 9.76. The third-order valence-electron chi connectivity index (χ3n) is 5.65. The molecule has 9 nitrogen and oxygen atoms in total. The third kappa shape index (κ3) is 4.14. The van der Waals surface area contributed by atoms with Gasteiger partial charge in [-0.1, -0.05) is 36.4 Å². The molecule has 1 spiro atoms. The quantitative estimate of drug-likeness (QED) is 0.483. The van der Waals surface area contributed by atoms with Crippen molar-refractivity contribution in [1.82, 2.24) is 21.1 Å². The summed E-state index contributed by atoms with van der Waals surface area (Å²) in [6, 6.07) is 14.1. The van der Waals surface area contributed by atoms with Crippen molar-refractivity contribution in [2.45, 2.75) is 31.7 Å². The number of imide groups is 1. The van der Waals surface area contributed by atoms with Gasteiger partial charge in [0.2, 0.25) is 0 Å². The van der Waals surface area contributed by atoms with Crippen LogP contribution in [0.25, 0.3) is 0 Å². The summed E-state index contributed by atoms with van der Waals surface area (Å²) in [6.45, 7) is 1.10. The van der Waals surface area contributed by atoms with E-state index in [1.807, 2.05) is 37.3 Å².